The molecular formula is C66H115N7O7. The maximum atomic E-state index is 12.3. The van der Waals surface area contributed by atoms with Crippen LogP contribution in [0.2, 0.25) is 0 Å². The maximum absolute atomic E-state index is 12.3. The Bertz CT molecular complexity index is 1920. The molecule has 1 atom stereocenters. The van der Waals surface area contributed by atoms with Crippen LogP contribution in [0, 0.1) is 5.41 Å². The second-order valence-corrected chi connectivity index (χ2v) is 20.1. The molecule has 0 fully saturated rings. The number of benzene rings is 3. The number of aliphatic hydroxyl groups excluding tert-OH is 1. The third-order valence-corrected chi connectivity index (χ3v) is 11.2. The first-order valence-electron chi connectivity index (χ1n) is 30.8. The fourth-order valence-corrected chi connectivity index (χ4v) is 6.54. The average Bonchev–Trinajstić information content (AvgIpc) is 4.02. The van der Waals surface area contributed by atoms with Gasteiger partial charge >= 0.3 is 0 Å². The zero-order valence-electron chi connectivity index (χ0n) is 52.5. The number of carbonyl (C=O) groups excluding carboxylic acids is 4. The van der Waals surface area contributed by atoms with Gasteiger partial charge in [-0.25, -0.2) is 0 Å². The van der Waals surface area contributed by atoms with Gasteiger partial charge in [-0.1, -0.05) is 215 Å². The normalized spacial score (nSPS) is 10.6. The smallest absolute Gasteiger partial charge is 0.251 e. The van der Waals surface area contributed by atoms with Crippen LogP contribution in [0.4, 0.5) is 0 Å². The third kappa shape index (κ3) is 49.4. The zero-order valence-corrected chi connectivity index (χ0v) is 52.5. The van der Waals surface area contributed by atoms with E-state index in [9.17, 15) is 19.2 Å². The van der Waals surface area contributed by atoms with E-state index in [-0.39, 0.29) is 35.7 Å². The summed E-state index contributed by atoms with van der Waals surface area (Å²) in [5.41, 5.74) is 2.89. The number of para-hydroxylation sites is 1. The van der Waals surface area contributed by atoms with Crippen LogP contribution in [0.1, 0.15) is 239 Å². The Labute approximate surface area is 487 Å². The molecule has 0 saturated heterocycles. The number of nitrogens with zero attached hydrogens (tertiary/aromatic N) is 2. The van der Waals surface area contributed by atoms with Crippen LogP contribution >= 0.6 is 0 Å². The predicted molar refractivity (Wildman–Crippen MR) is 336 cm³/mol. The van der Waals surface area contributed by atoms with Crippen molar-refractivity contribution in [2.75, 3.05) is 52.6 Å². The van der Waals surface area contributed by atoms with Crippen molar-refractivity contribution >= 4 is 23.6 Å². The van der Waals surface area contributed by atoms with Gasteiger partial charge in [-0.05, 0) is 74.9 Å². The Kier molecular flexibility index (Phi) is 58.5. The molecule has 4 rings (SSSR count). The molecule has 0 aliphatic rings. The minimum absolute atomic E-state index is 0.0223. The first-order valence-corrected chi connectivity index (χ1v) is 30.8. The zero-order chi connectivity index (χ0) is 60.2. The standard InChI is InChI=1S/C32H44N6O4.C11H15NO.C11H24O2.4C3H8/c39-30(33-21-12-22-35-32(41)27-19-17-26(18-20-27)29-25-36-38-37-29)15-10-5-3-1-2-4-6-11-16-31(40)34-23-24-42-28-13-8-7-9-14-28;1-2-3-9-12-11(13)10-7-5-4-6-8-10;1-4-6-7-8-13-10-11(3,5-2)9-12;4*1-3-2/h7-9,13-14,17-20,25H,1-6,10-12,15-16,21-24H2,(H,33,39)(H,34,40)(H,35,41)(H,36,37,38);4-8H,2-3,9H2,1H3,(H,12,13);12H,4-10H2,1-3H3;4*3H2,1-2H3. The number of aromatic amines is 1. The van der Waals surface area contributed by atoms with E-state index in [1.54, 1.807) is 18.3 Å². The van der Waals surface area contributed by atoms with Crippen molar-refractivity contribution in [2.24, 2.45) is 5.41 Å². The summed E-state index contributed by atoms with van der Waals surface area (Å²) in [6, 6.07) is 26.1. The monoisotopic (exact) mass is 1120 g/mol. The summed E-state index contributed by atoms with van der Waals surface area (Å²) in [5.74, 6) is 0.845. The molecule has 14 heteroatoms. The molecule has 0 aliphatic carbocycles. The van der Waals surface area contributed by atoms with E-state index in [0.717, 1.165) is 113 Å². The van der Waals surface area contributed by atoms with Crippen molar-refractivity contribution in [1.29, 1.82) is 0 Å². The molecule has 1 aromatic heterocycles. The lowest BCUT2D eigenvalue weighted by Crippen LogP contribution is -2.29. The molecule has 0 radical (unpaired) electrons. The highest BCUT2D eigenvalue weighted by Crippen LogP contribution is 2.20. The van der Waals surface area contributed by atoms with Crippen molar-refractivity contribution in [3.05, 3.63) is 102 Å². The highest BCUT2D eigenvalue weighted by atomic mass is 16.5. The molecule has 1 unspecified atom stereocenters. The van der Waals surface area contributed by atoms with E-state index < -0.39 is 0 Å². The molecule has 456 valence electrons. The van der Waals surface area contributed by atoms with E-state index in [2.05, 4.69) is 120 Å². The quantitative estimate of drug-likeness (QED) is 0.0252. The summed E-state index contributed by atoms with van der Waals surface area (Å²) >= 11 is 0. The summed E-state index contributed by atoms with van der Waals surface area (Å²) in [4.78, 5) is 47.7. The Hall–Kier alpha value is -5.60. The maximum Gasteiger partial charge on any atom is 0.251 e. The van der Waals surface area contributed by atoms with Crippen molar-refractivity contribution in [3.8, 4) is 17.0 Å². The summed E-state index contributed by atoms with van der Waals surface area (Å²) < 4.78 is 11.1. The van der Waals surface area contributed by atoms with Crippen molar-refractivity contribution in [2.45, 2.75) is 218 Å². The fraction of sp³-hybridized carbons (Fsp3) is 0.636. The van der Waals surface area contributed by atoms with Crippen molar-refractivity contribution in [1.82, 2.24) is 36.7 Å². The first-order chi connectivity index (χ1) is 38.8. The molecule has 80 heavy (non-hydrogen) atoms. The summed E-state index contributed by atoms with van der Waals surface area (Å²) in [6.45, 7) is 30.0. The summed E-state index contributed by atoms with van der Waals surface area (Å²) in [5, 5.41) is 31.1. The van der Waals surface area contributed by atoms with Gasteiger partial charge in [0.2, 0.25) is 11.8 Å². The second-order valence-electron chi connectivity index (χ2n) is 20.1. The largest absolute Gasteiger partial charge is 0.492 e. The lowest BCUT2D eigenvalue weighted by molar-refractivity contribution is -0.122. The first kappa shape index (κ1) is 78.6. The van der Waals surface area contributed by atoms with Crippen LogP contribution in [-0.2, 0) is 14.3 Å². The number of aliphatic hydroxyl groups is 1. The Morgan fingerprint density at radius 1 is 0.512 bits per heavy atom. The number of hydrogen-bond acceptors (Lipinski definition) is 9. The van der Waals surface area contributed by atoms with E-state index in [0.29, 0.717) is 57.7 Å². The van der Waals surface area contributed by atoms with Crippen LogP contribution in [0.25, 0.3) is 11.3 Å². The molecule has 3 aromatic carbocycles. The Morgan fingerprint density at radius 3 is 1.43 bits per heavy atom. The molecule has 14 nitrogen and oxygen atoms in total. The predicted octanol–water partition coefficient (Wildman–Crippen LogP) is 15.3. The summed E-state index contributed by atoms with van der Waals surface area (Å²) in [6.07, 6.45) is 23.6. The third-order valence-electron chi connectivity index (χ3n) is 11.2. The highest BCUT2D eigenvalue weighted by molar-refractivity contribution is 5.95. The van der Waals surface area contributed by atoms with Gasteiger partial charge in [-0.2, -0.15) is 15.4 Å². The summed E-state index contributed by atoms with van der Waals surface area (Å²) in [7, 11) is 0. The van der Waals surface area contributed by atoms with Gasteiger partial charge in [-0.3, -0.25) is 19.2 Å². The number of amides is 4. The number of aromatic nitrogens is 3. The number of nitrogens with one attached hydrogen (secondary N) is 5. The van der Waals surface area contributed by atoms with E-state index in [4.69, 9.17) is 14.6 Å². The number of unbranched alkanes of at least 4 members (excludes halogenated alkanes) is 10. The van der Waals surface area contributed by atoms with Crippen LogP contribution < -0.4 is 26.0 Å². The molecule has 0 saturated carbocycles. The number of carbonyl (C=O) groups is 4. The molecule has 0 spiro atoms. The van der Waals surface area contributed by atoms with Gasteiger partial charge in [0.25, 0.3) is 11.8 Å². The highest BCUT2D eigenvalue weighted by Gasteiger charge is 2.20. The van der Waals surface area contributed by atoms with Gasteiger partial charge in [0.1, 0.15) is 18.1 Å². The van der Waals surface area contributed by atoms with Crippen molar-refractivity contribution < 1.29 is 33.8 Å². The lowest BCUT2D eigenvalue weighted by Gasteiger charge is -2.25. The van der Waals surface area contributed by atoms with Crippen LogP contribution in [0.3, 0.4) is 0 Å². The van der Waals surface area contributed by atoms with Gasteiger partial charge in [0.05, 0.1) is 26.0 Å². The van der Waals surface area contributed by atoms with E-state index in [1.165, 1.54) is 38.5 Å². The molecule has 1 heterocycles. The van der Waals surface area contributed by atoms with Crippen molar-refractivity contribution in [3.63, 3.8) is 0 Å². The van der Waals surface area contributed by atoms with Gasteiger partial charge in [0.15, 0.2) is 0 Å². The number of ether oxygens (including phenoxy) is 2. The van der Waals surface area contributed by atoms with Gasteiger partial charge in [0, 0.05) is 61.2 Å². The van der Waals surface area contributed by atoms with Crippen LogP contribution in [0.15, 0.2) is 91.1 Å². The fourth-order valence-electron chi connectivity index (χ4n) is 6.54. The molecule has 4 amide bonds. The van der Waals surface area contributed by atoms with Crippen LogP contribution in [0.5, 0.6) is 5.75 Å². The minimum Gasteiger partial charge on any atom is -0.492 e. The molecule has 0 bridgehead atoms. The topological polar surface area (TPSA) is 197 Å². The number of H-pyrrole nitrogens is 1. The van der Waals surface area contributed by atoms with Gasteiger partial charge in [-0.15, -0.1) is 0 Å². The number of hydrogen-bond donors (Lipinski definition) is 6. The Balaban J connectivity index is -0.00000126. The average molecular weight is 1120 g/mol. The second kappa shape index (κ2) is 59.5. The van der Waals surface area contributed by atoms with E-state index >= 15 is 0 Å². The van der Waals surface area contributed by atoms with Crippen LogP contribution in [-0.4, -0.2) is 96.8 Å². The van der Waals surface area contributed by atoms with E-state index in [1.807, 2.05) is 72.8 Å². The number of rotatable bonds is 33. The molecule has 0 aliphatic heterocycles. The minimum atomic E-state index is -0.140. The van der Waals surface area contributed by atoms with Gasteiger partial charge < -0.3 is 35.8 Å². The molecular weight excluding hydrogens is 1000 g/mol. The lowest BCUT2D eigenvalue weighted by atomic mass is 9.90. The Morgan fingerprint density at radius 2 is 0.963 bits per heavy atom. The SMILES string of the molecule is CCC.CCC.CCC.CCC.CCCCCOCC(C)(CC)CO.CCCCNC(=O)c1ccccc1.O=C(CCCCCCCCCCC(=O)NCCOc1ccccc1)NCCCNC(=O)c1ccc(-c2cn[nH]n2)cc1. The molecule has 6 N–H and O–H groups in total. The molecule has 4 aromatic rings.